The highest BCUT2D eigenvalue weighted by atomic mass is 16.5. The normalized spacial score (nSPS) is 31.6. The first-order chi connectivity index (χ1) is 9.15. The van der Waals surface area contributed by atoms with Crippen LogP contribution < -0.4 is 16.8 Å². The van der Waals surface area contributed by atoms with E-state index in [4.69, 9.17) is 20.9 Å². The fourth-order valence-electron chi connectivity index (χ4n) is 2.33. The molecule has 19 heavy (non-hydrogen) atoms. The first kappa shape index (κ1) is 14.1. The van der Waals surface area contributed by atoms with Crippen LogP contribution in [0.15, 0.2) is 4.99 Å². The maximum Gasteiger partial charge on any atom is 0.246 e. The number of ether oxygens (including phenoxy) is 2. The molecule has 0 aromatic carbocycles. The lowest BCUT2D eigenvalue weighted by Crippen LogP contribution is -2.38. The summed E-state index contributed by atoms with van der Waals surface area (Å²) in [6.45, 7) is 1.96. The Balaban J connectivity index is 1.65. The second kappa shape index (κ2) is 6.72. The summed E-state index contributed by atoms with van der Waals surface area (Å²) in [5, 5.41) is 3.04. The minimum atomic E-state index is -0.471. The smallest absolute Gasteiger partial charge is 0.246 e. The third-order valence-electron chi connectivity index (χ3n) is 3.42. The number of carbonyl (C=O) groups is 1. The fraction of sp³-hybridized carbons (Fsp3) is 0.833. The molecular weight excluding hydrogens is 248 g/mol. The zero-order chi connectivity index (χ0) is 13.7. The van der Waals surface area contributed by atoms with Crippen LogP contribution in [0, 0.1) is 0 Å². The molecule has 2 rings (SSSR count). The molecule has 0 radical (unpaired) electrons. The number of guanidine groups is 1. The number of rotatable bonds is 5. The summed E-state index contributed by atoms with van der Waals surface area (Å²) in [4.78, 5) is 15.2. The van der Waals surface area contributed by atoms with Crippen molar-refractivity contribution in [2.75, 3.05) is 19.7 Å². The standard InChI is InChI=1S/C12H22N4O3/c13-11(17)10-4-3-9(19-10)7-16-12(14)15-6-8-2-1-5-18-8/h8-10H,1-7H2,(H2,13,17)(H3,14,15,16). The second-order valence-corrected chi connectivity index (χ2v) is 4.97. The maximum absolute atomic E-state index is 10.9. The average Bonchev–Trinajstić information content (AvgIpc) is 3.05. The van der Waals surface area contributed by atoms with Crippen molar-refractivity contribution in [2.24, 2.45) is 16.5 Å². The molecule has 2 aliphatic heterocycles. The molecule has 5 N–H and O–H groups in total. The molecule has 7 heteroatoms. The van der Waals surface area contributed by atoms with Gasteiger partial charge in [-0.1, -0.05) is 0 Å². The molecule has 0 aliphatic carbocycles. The molecule has 0 aromatic rings. The van der Waals surface area contributed by atoms with Crippen LogP contribution in [0.25, 0.3) is 0 Å². The molecule has 0 aromatic heterocycles. The number of carbonyl (C=O) groups excluding carboxylic acids is 1. The van der Waals surface area contributed by atoms with Crippen LogP contribution in [-0.2, 0) is 14.3 Å². The van der Waals surface area contributed by atoms with Gasteiger partial charge < -0.3 is 26.3 Å². The van der Waals surface area contributed by atoms with Crippen molar-refractivity contribution in [2.45, 2.75) is 44.0 Å². The van der Waals surface area contributed by atoms with Crippen molar-refractivity contribution < 1.29 is 14.3 Å². The molecule has 1 amide bonds. The first-order valence-electron chi connectivity index (χ1n) is 6.75. The van der Waals surface area contributed by atoms with Gasteiger partial charge in [-0.25, -0.2) is 0 Å². The maximum atomic E-state index is 10.9. The van der Waals surface area contributed by atoms with E-state index in [1.54, 1.807) is 0 Å². The number of hydrogen-bond donors (Lipinski definition) is 3. The zero-order valence-corrected chi connectivity index (χ0v) is 11.0. The van der Waals surface area contributed by atoms with Gasteiger partial charge in [-0.15, -0.1) is 0 Å². The summed E-state index contributed by atoms with van der Waals surface area (Å²) in [5.41, 5.74) is 10.9. The lowest BCUT2D eigenvalue weighted by atomic mass is 10.2. The van der Waals surface area contributed by atoms with Crippen LogP contribution in [0.4, 0.5) is 0 Å². The highest BCUT2D eigenvalue weighted by molar-refractivity contribution is 5.79. The van der Waals surface area contributed by atoms with E-state index in [1.165, 1.54) is 0 Å². The van der Waals surface area contributed by atoms with Crippen LogP contribution >= 0.6 is 0 Å². The number of nitrogens with one attached hydrogen (secondary N) is 1. The minimum Gasteiger partial charge on any atom is -0.376 e. The highest BCUT2D eigenvalue weighted by Gasteiger charge is 2.28. The van der Waals surface area contributed by atoms with Gasteiger partial charge in [0, 0.05) is 13.2 Å². The van der Waals surface area contributed by atoms with Gasteiger partial charge in [-0.2, -0.15) is 0 Å². The molecule has 3 unspecified atom stereocenters. The van der Waals surface area contributed by atoms with Crippen LogP contribution in [0.5, 0.6) is 0 Å². The van der Waals surface area contributed by atoms with E-state index < -0.39 is 12.0 Å². The SMILES string of the molecule is NC(=O)C1CCC(CN=C(N)NCC2CCCO2)O1. The predicted octanol–water partition coefficient (Wildman–Crippen LogP) is -0.897. The van der Waals surface area contributed by atoms with Crippen molar-refractivity contribution >= 4 is 11.9 Å². The molecule has 108 valence electrons. The summed E-state index contributed by atoms with van der Waals surface area (Å²) in [6, 6.07) is 0. The van der Waals surface area contributed by atoms with Crippen LogP contribution in [0.2, 0.25) is 0 Å². The van der Waals surface area contributed by atoms with Crippen LogP contribution in [-0.4, -0.2) is 49.9 Å². The second-order valence-electron chi connectivity index (χ2n) is 4.97. The third-order valence-corrected chi connectivity index (χ3v) is 3.42. The number of nitrogens with zero attached hydrogens (tertiary/aromatic N) is 1. The molecule has 7 nitrogen and oxygen atoms in total. The molecule has 2 heterocycles. The Kier molecular flexibility index (Phi) is 4.98. The first-order valence-corrected chi connectivity index (χ1v) is 6.75. The molecule has 0 saturated carbocycles. The highest BCUT2D eigenvalue weighted by Crippen LogP contribution is 2.19. The minimum absolute atomic E-state index is 0.0689. The summed E-state index contributed by atoms with van der Waals surface area (Å²) in [6.07, 6.45) is 3.31. The number of aliphatic imine (C=N–C) groups is 1. The Morgan fingerprint density at radius 1 is 1.26 bits per heavy atom. The van der Waals surface area contributed by atoms with Crippen LogP contribution in [0.1, 0.15) is 25.7 Å². The Bertz CT molecular complexity index is 342. The molecule has 0 spiro atoms. The van der Waals surface area contributed by atoms with Crippen molar-refractivity contribution in [3.8, 4) is 0 Å². The Labute approximate surface area is 112 Å². The van der Waals surface area contributed by atoms with Gasteiger partial charge in [0.25, 0.3) is 0 Å². The van der Waals surface area contributed by atoms with Gasteiger partial charge in [-0.05, 0) is 25.7 Å². The lowest BCUT2D eigenvalue weighted by Gasteiger charge is -2.12. The van der Waals surface area contributed by atoms with Crippen LogP contribution in [0.3, 0.4) is 0 Å². The summed E-state index contributed by atoms with van der Waals surface area (Å²) in [7, 11) is 0. The van der Waals surface area contributed by atoms with E-state index in [2.05, 4.69) is 10.3 Å². The van der Waals surface area contributed by atoms with Gasteiger partial charge >= 0.3 is 0 Å². The van der Waals surface area contributed by atoms with Gasteiger partial charge in [0.2, 0.25) is 5.91 Å². The third kappa shape index (κ3) is 4.36. The molecule has 2 fully saturated rings. The predicted molar refractivity (Wildman–Crippen MR) is 70.6 cm³/mol. The average molecular weight is 270 g/mol. The summed E-state index contributed by atoms with van der Waals surface area (Å²) < 4.78 is 10.9. The fourth-order valence-corrected chi connectivity index (χ4v) is 2.33. The quantitative estimate of drug-likeness (QED) is 0.443. The van der Waals surface area contributed by atoms with Gasteiger partial charge in [0.05, 0.1) is 18.8 Å². The zero-order valence-electron chi connectivity index (χ0n) is 11.0. The monoisotopic (exact) mass is 270 g/mol. The largest absolute Gasteiger partial charge is 0.376 e. The molecule has 2 saturated heterocycles. The van der Waals surface area contributed by atoms with Gasteiger partial charge in [0.15, 0.2) is 5.96 Å². The van der Waals surface area contributed by atoms with E-state index in [-0.39, 0.29) is 12.2 Å². The van der Waals surface area contributed by atoms with E-state index in [9.17, 15) is 4.79 Å². The van der Waals surface area contributed by atoms with Crippen molar-refractivity contribution in [1.82, 2.24) is 5.32 Å². The molecule has 3 atom stereocenters. The summed E-state index contributed by atoms with van der Waals surface area (Å²) >= 11 is 0. The number of nitrogens with two attached hydrogens (primary N) is 2. The lowest BCUT2D eigenvalue weighted by molar-refractivity contribution is -0.128. The summed E-state index contributed by atoms with van der Waals surface area (Å²) in [5.74, 6) is -0.0161. The van der Waals surface area contributed by atoms with Crippen molar-refractivity contribution in [3.63, 3.8) is 0 Å². The van der Waals surface area contributed by atoms with Gasteiger partial charge in [-0.3, -0.25) is 9.79 Å². The Morgan fingerprint density at radius 2 is 2.11 bits per heavy atom. The van der Waals surface area contributed by atoms with E-state index in [0.717, 1.165) is 25.9 Å². The number of primary amides is 1. The number of hydrogen-bond acceptors (Lipinski definition) is 4. The topological polar surface area (TPSA) is 112 Å². The Morgan fingerprint density at radius 3 is 2.74 bits per heavy atom. The van der Waals surface area contributed by atoms with Gasteiger partial charge in [0.1, 0.15) is 6.10 Å². The number of amides is 1. The van der Waals surface area contributed by atoms with Crippen molar-refractivity contribution in [1.29, 1.82) is 0 Å². The van der Waals surface area contributed by atoms with Crippen molar-refractivity contribution in [3.05, 3.63) is 0 Å². The van der Waals surface area contributed by atoms with E-state index >= 15 is 0 Å². The van der Waals surface area contributed by atoms with E-state index in [0.29, 0.717) is 25.5 Å². The molecule has 2 aliphatic rings. The Hall–Kier alpha value is -1.34. The molecule has 0 bridgehead atoms. The molecular formula is C12H22N4O3. The van der Waals surface area contributed by atoms with E-state index in [1.807, 2.05) is 0 Å².